The normalized spacial score (nSPS) is 13.6. The second-order valence-corrected chi connectivity index (χ2v) is 12.1. The highest BCUT2D eigenvalue weighted by atomic mass is 28.3. The lowest BCUT2D eigenvalue weighted by molar-refractivity contribution is -0.107. The second-order valence-electron chi connectivity index (χ2n) is 6.39. The molecule has 0 aromatic heterocycles. The molecule has 0 amide bonds. The molecular weight excluding hydrogens is 260 g/mol. The molecule has 0 radical (unpaired) electrons. The number of hydrogen-bond acceptors (Lipinski definition) is 1. The van der Waals surface area contributed by atoms with Gasteiger partial charge >= 0.3 is 0 Å². The summed E-state index contributed by atoms with van der Waals surface area (Å²) in [5, 5.41) is 1.32. The summed E-state index contributed by atoms with van der Waals surface area (Å²) in [5.41, 5.74) is 2.78. The predicted molar refractivity (Wildman–Crippen MR) is 90.6 cm³/mol. The molecular formula is C18H28OSi. The standard InChI is InChI=1S/C18H28OSi/c1-14(2)20(15(3)4,16(5)6)18(12-13-19)17-10-8-7-9-11-17/h7-11,13,15-16,18H,1,12H2,2-6H3. The fourth-order valence-electron chi connectivity index (χ4n) is 4.14. The zero-order valence-electron chi connectivity index (χ0n) is 13.5. The first-order valence-electron chi connectivity index (χ1n) is 7.53. The first-order chi connectivity index (χ1) is 9.38. The highest BCUT2D eigenvalue weighted by molar-refractivity contribution is 6.89. The van der Waals surface area contributed by atoms with Crippen LogP contribution in [-0.4, -0.2) is 14.4 Å². The molecule has 0 heterocycles. The summed E-state index contributed by atoms with van der Waals surface area (Å²) in [6.45, 7) is 15.7. The molecule has 0 saturated heterocycles. The Morgan fingerprint density at radius 2 is 1.65 bits per heavy atom. The minimum atomic E-state index is -1.84. The van der Waals surface area contributed by atoms with Crippen molar-refractivity contribution in [1.29, 1.82) is 0 Å². The van der Waals surface area contributed by atoms with Crippen LogP contribution in [0.2, 0.25) is 11.1 Å². The van der Waals surface area contributed by atoms with Gasteiger partial charge in [0.2, 0.25) is 0 Å². The molecule has 0 N–H and O–H groups in total. The first kappa shape index (κ1) is 16.9. The Hall–Kier alpha value is -1.15. The molecule has 1 aromatic carbocycles. The topological polar surface area (TPSA) is 17.1 Å². The van der Waals surface area contributed by atoms with E-state index in [1.807, 2.05) is 6.07 Å². The van der Waals surface area contributed by atoms with Gasteiger partial charge in [-0.05, 0) is 29.1 Å². The third kappa shape index (κ3) is 2.95. The fraction of sp³-hybridized carbons (Fsp3) is 0.500. The average Bonchev–Trinajstić information content (AvgIpc) is 2.38. The van der Waals surface area contributed by atoms with Crippen LogP contribution in [0.1, 0.15) is 52.1 Å². The van der Waals surface area contributed by atoms with Gasteiger partial charge < -0.3 is 4.79 Å². The summed E-state index contributed by atoms with van der Waals surface area (Å²) in [6.07, 6.45) is 1.70. The lowest BCUT2D eigenvalue weighted by Crippen LogP contribution is -2.49. The SMILES string of the molecule is C=C(C)[Si](C(C)C)(C(C)C)C(CC=O)c1ccccc1. The molecule has 2 heteroatoms. The van der Waals surface area contributed by atoms with Gasteiger partial charge in [-0.3, -0.25) is 0 Å². The van der Waals surface area contributed by atoms with E-state index in [0.717, 1.165) is 6.29 Å². The molecule has 1 atom stereocenters. The Morgan fingerprint density at radius 1 is 1.15 bits per heavy atom. The molecule has 0 aliphatic carbocycles. The summed E-state index contributed by atoms with van der Waals surface area (Å²) in [5.74, 6) is 0. The molecule has 0 fully saturated rings. The van der Waals surface area contributed by atoms with Gasteiger partial charge in [0.25, 0.3) is 0 Å². The Labute approximate surface area is 125 Å². The number of benzene rings is 1. The van der Waals surface area contributed by atoms with Crippen molar-refractivity contribution in [2.24, 2.45) is 0 Å². The third-order valence-electron chi connectivity index (χ3n) is 4.76. The molecule has 1 aromatic rings. The number of rotatable bonds is 7. The second kappa shape index (κ2) is 7.03. The molecule has 0 bridgehead atoms. The molecule has 1 unspecified atom stereocenters. The van der Waals surface area contributed by atoms with Crippen LogP contribution >= 0.6 is 0 Å². The van der Waals surface area contributed by atoms with Crippen molar-refractivity contribution >= 4 is 14.4 Å². The van der Waals surface area contributed by atoms with Crippen molar-refractivity contribution < 1.29 is 4.79 Å². The molecule has 20 heavy (non-hydrogen) atoms. The number of carbonyl (C=O) groups excluding carboxylic acids is 1. The van der Waals surface area contributed by atoms with Crippen molar-refractivity contribution in [2.45, 2.75) is 57.7 Å². The van der Waals surface area contributed by atoms with Gasteiger partial charge in [-0.25, -0.2) is 0 Å². The van der Waals surface area contributed by atoms with E-state index in [2.05, 4.69) is 65.5 Å². The van der Waals surface area contributed by atoms with Crippen LogP contribution in [0.3, 0.4) is 0 Å². The lowest BCUT2D eigenvalue weighted by atomic mass is 10.1. The van der Waals surface area contributed by atoms with Crippen molar-refractivity contribution in [3.05, 3.63) is 47.7 Å². The molecule has 110 valence electrons. The minimum absolute atomic E-state index is 0.332. The van der Waals surface area contributed by atoms with Gasteiger partial charge in [0.15, 0.2) is 0 Å². The van der Waals surface area contributed by atoms with E-state index in [1.165, 1.54) is 10.8 Å². The summed E-state index contributed by atoms with van der Waals surface area (Å²) in [7, 11) is -1.84. The van der Waals surface area contributed by atoms with E-state index in [9.17, 15) is 4.79 Å². The van der Waals surface area contributed by atoms with Crippen LogP contribution in [-0.2, 0) is 4.79 Å². The summed E-state index contributed by atoms with van der Waals surface area (Å²) in [6, 6.07) is 10.5. The Morgan fingerprint density at radius 3 is 2.00 bits per heavy atom. The number of hydrogen-bond donors (Lipinski definition) is 0. The Bertz CT molecular complexity index is 440. The van der Waals surface area contributed by atoms with E-state index in [0.29, 0.717) is 23.0 Å². The van der Waals surface area contributed by atoms with Crippen molar-refractivity contribution in [1.82, 2.24) is 0 Å². The zero-order valence-corrected chi connectivity index (χ0v) is 14.5. The first-order valence-corrected chi connectivity index (χ1v) is 9.76. The molecule has 0 aliphatic rings. The highest BCUT2D eigenvalue weighted by Crippen LogP contribution is 2.48. The van der Waals surface area contributed by atoms with Gasteiger partial charge in [-0.1, -0.05) is 63.2 Å². The zero-order chi connectivity index (χ0) is 15.3. The molecule has 1 nitrogen and oxygen atoms in total. The van der Waals surface area contributed by atoms with Gasteiger partial charge in [0.1, 0.15) is 6.29 Å². The summed E-state index contributed by atoms with van der Waals surface area (Å²) in [4.78, 5) is 11.3. The molecule has 0 saturated carbocycles. The van der Waals surface area contributed by atoms with Gasteiger partial charge in [0, 0.05) is 6.42 Å². The van der Waals surface area contributed by atoms with Crippen LogP contribution in [0.4, 0.5) is 0 Å². The van der Waals surface area contributed by atoms with Crippen LogP contribution in [0.15, 0.2) is 42.1 Å². The maximum atomic E-state index is 11.3. The minimum Gasteiger partial charge on any atom is -0.303 e. The molecule has 0 spiro atoms. The van der Waals surface area contributed by atoms with E-state index in [1.54, 1.807) is 0 Å². The number of aldehydes is 1. The van der Waals surface area contributed by atoms with Crippen molar-refractivity contribution in [2.75, 3.05) is 0 Å². The maximum absolute atomic E-state index is 11.3. The molecule has 0 aliphatic heterocycles. The predicted octanol–water partition coefficient (Wildman–Crippen LogP) is 5.28. The van der Waals surface area contributed by atoms with Gasteiger partial charge in [0.05, 0.1) is 8.07 Å². The Kier molecular flexibility index (Phi) is 5.94. The van der Waals surface area contributed by atoms with E-state index < -0.39 is 8.07 Å². The quantitative estimate of drug-likeness (QED) is 0.492. The van der Waals surface area contributed by atoms with Gasteiger partial charge in [-0.2, -0.15) is 0 Å². The van der Waals surface area contributed by atoms with Gasteiger partial charge in [-0.15, -0.1) is 6.58 Å². The van der Waals surface area contributed by atoms with Crippen molar-refractivity contribution in [3.8, 4) is 0 Å². The lowest BCUT2D eigenvalue weighted by Gasteiger charge is -2.46. The number of allylic oxidation sites excluding steroid dienone is 1. The smallest absolute Gasteiger partial charge is 0.120 e. The van der Waals surface area contributed by atoms with Crippen LogP contribution in [0.25, 0.3) is 0 Å². The highest BCUT2D eigenvalue weighted by Gasteiger charge is 2.47. The van der Waals surface area contributed by atoms with E-state index in [4.69, 9.17) is 0 Å². The summed E-state index contributed by atoms with van der Waals surface area (Å²) < 4.78 is 0. The molecule has 1 rings (SSSR count). The van der Waals surface area contributed by atoms with E-state index in [-0.39, 0.29) is 0 Å². The maximum Gasteiger partial charge on any atom is 0.120 e. The van der Waals surface area contributed by atoms with Crippen LogP contribution in [0.5, 0.6) is 0 Å². The number of carbonyl (C=O) groups is 1. The summed E-state index contributed by atoms with van der Waals surface area (Å²) >= 11 is 0. The van der Waals surface area contributed by atoms with Crippen LogP contribution < -0.4 is 0 Å². The Balaban J connectivity index is 3.47. The monoisotopic (exact) mass is 288 g/mol. The largest absolute Gasteiger partial charge is 0.303 e. The van der Waals surface area contributed by atoms with E-state index >= 15 is 0 Å². The average molecular weight is 289 g/mol. The fourth-order valence-corrected chi connectivity index (χ4v) is 10.9. The third-order valence-corrected chi connectivity index (χ3v) is 11.8. The van der Waals surface area contributed by atoms with Crippen LogP contribution in [0, 0.1) is 0 Å². The van der Waals surface area contributed by atoms with Crippen molar-refractivity contribution in [3.63, 3.8) is 0 Å².